The van der Waals surface area contributed by atoms with Crippen molar-refractivity contribution in [2.75, 3.05) is 4.72 Å². The fraction of sp³-hybridized carbons (Fsp3) is 0.143. The van der Waals surface area contributed by atoms with Crippen LogP contribution in [0.4, 0.5) is 5.69 Å². The molecule has 0 saturated heterocycles. The maximum atomic E-state index is 12.3. The van der Waals surface area contributed by atoms with Crippen molar-refractivity contribution in [2.45, 2.75) is 18.7 Å². The molecule has 0 unspecified atom stereocenters. The Balaban J connectivity index is 2.38. The summed E-state index contributed by atoms with van der Waals surface area (Å²) in [5.74, 6) is 0.147. The highest BCUT2D eigenvalue weighted by molar-refractivity contribution is 9.10. The summed E-state index contributed by atoms with van der Waals surface area (Å²) in [5, 5.41) is 9.59. The van der Waals surface area contributed by atoms with Gasteiger partial charge in [0, 0.05) is 4.47 Å². The minimum absolute atomic E-state index is 0.147. The molecule has 0 heterocycles. The SMILES string of the molecule is Cc1cc(NS(=O)(=O)c2ccc(Br)cc2)c(C)cc1O. The molecule has 0 aliphatic rings. The predicted molar refractivity (Wildman–Crippen MR) is 82.5 cm³/mol. The number of hydrogen-bond acceptors (Lipinski definition) is 3. The first-order valence-electron chi connectivity index (χ1n) is 5.88. The lowest BCUT2D eigenvalue weighted by Gasteiger charge is -2.12. The van der Waals surface area contributed by atoms with Crippen molar-refractivity contribution >= 4 is 31.6 Å². The number of hydrogen-bond donors (Lipinski definition) is 2. The molecular weight excluding hydrogens is 342 g/mol. The molecule has 2 rings (SSSR count). The van der Waals surface area contributed by atoms with Gasteiger partial charge in [0.15, 0.2) is 0 Å². The average Bonchev–Trinajstić information content (AvgIpc) is 2.36. The Morgan fingerprint density at radius 3 is 2.25 bits per heavy atom. The number of phenolic OH excluding ortho intramolecular Hbond substituents is 1. The Hall–Kier alpha value is -1.53. The Kier molecular flexibility index (Phi) is 4.06. The highest BCUT2D eigenvalue weighted by atomic mass is 79.9. The van der Waals surface area contributed by atoms with E-state index < -0.39 is 10.0 Å². The lowest BCUT2D eigenvalue weighted by atomic mass is 10.1. The van der Waals surface area contributed by atoms with Gasteiger partial charge in [0.1, 0.15) is 5.75 Å². The van der Waals surface area contributed by atoms with E-state index in [1.54, 1.807) is 32.0 Å². The first-order chi connectivity index (χ1) is 9.29. The van der Waals surface area contributed by atoms with Crippen LogP contribution in [0.2, 0.25) is 0 Å². The molecule has 0 radical (unpaired) electrons. The number of halogens is 1. The molecule has 2 N–H and O–H groups in total. The average molecular weight is 356 g/mol. The fourth-order valence-corrected chi connectivity index (χ4v) is 3.11. The molecule has 0 spiro atoms. The summed E-state index contributed by atoms with van der Waals surface area (Å²) in [4.78, 5) is 0.186. The fourth-order valence-electron chi connectivity index (χ4n) is 1.73. The molecule has 0 bridgehead atoms. The molecule has 0 aromatic heterocycles. The van der Waals surface area contributed by atoms with Crippen LogP contribution in [0.15, 0.2) is 45.8 Å². The lowest BCUT2D eigenvalue weighted by Crippen LogP contribution is -2.13. The zero-order chi connectivity index (χ0) is 14.9. The summed E-state index contributed by atoms with van der Waals surface area (Å²) >= 11 is 3.27. The van der Waals surface area contributed by atoms with E-state index >= 15 is 0 Å². The van der Waals surface area contributed by atoms with E-state index in [1.807, 2.05) is 0 Å². The molecule has 0 aliphatic heterocycles. The highest BCUT2D eigenvalue weighted by Gasteiger charge is 2.15. The van der Waals surface area contributed by atoms with Gasteiger partial charge in [-0.05, 0) is 61.4 Å². The summed E-state index contributed by atoms with van der Waals surface area (Å²) in [5.41, 5.74) is 1.74. The number of anilines is 1. The summed E-state index contributed by atoms with van der Waals surface area (Å²) in [6, 6.07) is 9.53. The second-order valence-electron chi connectivity index (χ2n) is 4.51. The molecular formula is C14H14BrNO3S. The minimum atomic E-state index is -3.63. The van der Waals surface area contributed by atoms with Crippen LogP contribution in [0.5, 0.6) is 5.75 Å². The largest absolute Gasteiger partial charge is 0.508 e. The number of benzene rings is 2. The molecule has 0 atom stereocenters. The van der Waals surface area contributed by atoms with Crippen molar-refractivity contribution in [1.82, 2.24) is 0 Å². The molecule has 2 aromatic rings. The number of nitrogens with one attached hydrogen (secondary N) is 1. The number of sulfonamides is 1. The summed E-state index contributed by atoms with van der Waals surface area (Å²) in [7, 11) is -3.63. The lowest BCUT2D eigenvalue weighted by molar-refractivity contribution is 0.471. The van der Waals surface area contributed by atoms with Gasteiger partial charge in [-0.15, -0.1) is 0 Å². The van der Waals surface area contributed by atoms with Crippen molar-refractivity contribution in [2.24, 2.45) is 0 Å². The monoisotopic (exact) mass is 355 g/mol. The Morgan fingerprint density at radius 2 is 1.65 bits per heavy atom. The van der Waals surface area contributed by atoms with Crippen molar-refractivity contribution in [3.63, 3.8) is 0 Å². The molecule has 0 aliphatic carbocycles. The van der Waals surface area contributed by atoms with E-state index in [2.05, 4.69) is 20.7 Å². The van der Waals surface area contributed by atoms with Gasteiger partial charge in [-0.2, -0.15) is 0 Å². The second kappa shape index (κ2) is 5.46. The molecule has 106 valence electrons. The first kappa shape index (κ1) is 14.9. The highest BCUT2D eigenvalue weighted by Crippen LogP contribution is 2.27. The molecule has 6 heteroatoms. The van der Waals surface area contributed by atoms with Crippen LogP contribution in [0.25, 0.3) is 0 Å². The summed E-state index contributed by atoms with van der Waals surface area (Å²) < 4.78 is 27.9. The van der Waals surface area contributed by atoms with Crippen LogP contribution in [-0.4, -0.2) is 13.5 Å². The minimum Gasteiger partial charge on any atom is -0.508 e. The Morgan fingerprint density at radius 1 is 1.05 bits per heavy atom. The van der Waals surface area contributed by atoms with E-state index in [-0.39, 0.29) is 10.6 Å². The molecule has 0 fully saturated rings. The Bertz CT molecular complexity index is 740. The van der Waals surface area contributed by atoms with Crippen molar-refractivity contribution in [1.29, 1.82) is 0 Å². The number of phenols is 1. The quantitative estimate of drug-likeness (QED) is 0.827. The van der Waals surface area contributed by atoms with Crippen LogP contribution in [0.3, 0.4) is 0 Å². The van der Waals surface area contributed by atoms with Crippen LogP contribution in [0, 0.1) is 13.8 Å². The van der Waals surface area contributed by atoms with Gasteiger partial charge in [-0.1, -0.05) is 15.9 Å². The van der Waals surface area contributed by atoms with Crippen LogP contribution < -0.4 is 4.72 Å². The van der Waals surface area contributed by atoms with E-state index in [9.17, 15) is 13.5 Å². The maximum Gasteiger partial charge on any atom is 0.261 e. The number of aromatic hydroxyl groups is 1. The second-order valence-corrected chi connectivity index (χ2v) is 7.11. The van der Waals surface area contributed by atoms with Gasteiger partial charge >= 0.3 is 0 Å². The molecule has 4 nitrogen and oxygen atoms in total. The van der Waals surface area contributed by atoms with Crippen LogP contribution >= 0.6 is 15.9 Å². The van der Waals surface area contributed by atoms with Gasteiger partial charge < -0.3 is 5.11 Å². The first-order valence-corrected chi connectivity index (χ1v) is 8.16. The van der Waals surface area contributed by atoms with E-state index in [4.69, 9.17) is 0 Å². The zero-order valence-corrected chi connectivity index (χ0v) is 13.4. The van der Waals surface area contributed by atoms with Crippen LogP contribution in [0.1, 0.15) is 11.1 Å². The van der Waals surface area contributed by atoms with Crippen LogP contribution in [-0.2, 0) is 10.0 Å². The van der Waals surface area contributed by atoms with E-state index in [0.717, 1.165) is 4.47 Å². The van der Waals surface area contributed by atoms with E-state index in [1.165, 1.54) is 18.2 Å². The summed E-state index contributed by atoms with van der Waals surface area (Å²) in [6.07, 6.45) is 0. The van der Waals surface area contributed by atoms with Gasteiger partial charge in [0.2, 0.25) is 0 Å². The normalized spacial score (nSPS) is 11.3. The van der Waals surface area contributed by atoms with Gasteiger partial charge in [-0.25, -0.2) is 8.42 Å². The van der Waals surface area contributed by atoms with Crippen molar-refractivity contribution in [3.8, 4) is 5.75 Å². The third kappa shape index (κ3) is 3.13. The zero-order valence-electron chi connectivity index (χ0n) is 11.0. The predicted octanol–water partition coefficient (Wildman–Crippen LogP) is 3.57. The molecule has 2 aromatic carbocycles. The molecule has 20 heavy (non-hydrogen) atoms. The molecule has 0 saturated carbocycles. The molecule has 0 amide bonds. The smallest absolute Gasteiger partial charge is 0.261 e. The van der Waals surface area contributed by atoms with Gasteiger partial charge in [0.25, 0.3) is 10.0 Å². The van der Waals surface area contributed by atoms with Crippen molar-refractivity contribution < 1.29 is 13.5 Å². The topological polar surface area (TPSA) is 66.4 Å². The summed E-state index contributed by atoms with van der Waals surface area (Å²) in [6.45, 7) is 3.45. The maximum absolute atomic E-state index is 12.3. The van der Waals surface area contributed by atoms with E-state index in [0.29, 0.717) is 16.8 Å². The third-order valence-electron chi connectivity index (χ3n) is 2.91. The number of aryl methyl sites for hydroxylation is 2. The third-order valence-corrected chi connectivity index (χ3v) is 4.82. The standard InChI is InChI=1S/C14H14BrNO3S/c1-9-8-14(17)10(2)7-13(9)16-20(18,19)12-5-3-11(15)4-6-12/h3-8,16-17H,1-2H3. The van der Waals surface area contributed by atoms with Crippen molar-refractivity contribution in [3.05, 3.63) is 52.0 Å². The Labute approximate surface area is 126 Å². The van der Waals surface area contributed by atoms with Gasteiger partial charge in [-0.3, -0.25) is 4.72 Å². The number of rotatable bonds is 3. The van der Waals surface area contributed by atoms with Gasteiger partial charge in [0.05, 0.1) is 10.6 Å².